The Morgan fingerprint density at radius 1 is 0.326 bits per heavy atom. The molecule has 12 aromatic rings. The Morgan fingerprint density at radius 3 is 0.773 bits per heavy atom. The van der Waals surface area contributed by atoms with Crippen molar-refractivity contribution in [3.05, 3.63) is 263 Å². The quantitative estimate of drug-likeness (QED) is 0.0424. The maximum absolute atomic E-state index is 13.1. The van der Waals surface area contributed by atoms with E-state index < -0.39 is 106 Å². The minimum absolute atomic E-state index is 0.0118. The van der Waals surface area contributed by atoms with Crippen LogP contribution in [-0.2, 0) is 69.0 Å². The van der Waals surface area contributed by atoms with Crippen molar-refractivity contribution in [2.45, 2.75) is 132 Å². The van der Waals surface area contributed by atoms with E-state index in [-0.39, 0.29) is 34.1 Å². The van der Waals surface area contributed by atoms with Gasteiger partial charge in [-0.2, -0.15) is 79.0 Å². The van der Waals surface area contributed by atoms with Crippen LogP contribution in [0.2, 0.25) is 0 Å². The van der Waals surface area contributed by atoms with Crippen LogP contribution in [0.3, 0.4) is 0 Å². The number of pyridine rings is 6. The number of anilines is 6. The molecule has 9 heterocycles. The number of aromatic nitrogens is 9. The molecule has 3 atom stereocenters. The van der Waals surface area contributed by atoms with Gasteiger partial charge in [0.15, 0.2) is 0 Å². The molecule has 0 bridgehead atoms. The van der Waals surface area contributed by atoms with Crippen LogP contribution in [0.5, 0.6) is 0 Å². The first-order valence-electron chi connectivity index (χ1n) is 37.9. The molecule has 0 spiro atoms. The van der Waals surface area contributed by atoms with Crippen molar-refractivity contribution < 1.29 is 154 Å². The lowest BCUT2D eigenvalue weighted by molar-refractivity contribution is -0.193. The largest absolute Gasteiger partial charge is 0.490 e. The molecule has 9 aromatic heterocycles. The number of halogens is 18. The summed E-state index contributed by atoms with van der Waals surface area (Å²) in [5, 5.41) is 94.1. The lowest BCUT2D eigenvalue weighted by atomic mass is 9.79. The summed E-state index contributed by atoms with van der Waals surface area (Å²) in [6.45, 7) is 5.51. The Bertz CT molecular complexity index is 5720. The van der Waals surface area contributed by atoms with E-state index in [0.717, 1.165) is 88.4 Å². The highest BCUT2D eigenvalue weighted by Crippen LogP contribution is 2.49. The van der Waals surface area contributed by atoms with E-state index in [9.17, 15) is 124 Å². The van der Waals surface area contributed by atoms with Gasteiger partial charge in [0.1, 0.15) is 66.7 Å². The monoisotopic (exact) mass is 1920 g/mol. The van der Waals surface area contributed by atoms with E-state index in [2.05, 4.69) is 60.8 Å². The lowest BCUT2D eigenvalue weighted by Gasteiger charge is -2.33. The van der Waals surface area contributed by atoms with Crippen LogP contribution in [0.25, 0.3) is 31.7 Å². The second kappa shape index (κ2) is 39.9. The topological polar surface area (TPSA) is 437 Å². The van der Waals surface area contributed by atoms with Crippen LogP contribution in [-0.4, -0.2) is 145 Å². The van der Waals surface area contributed by atoms with Crippen LogP contribution in [0.4, 0.5) is 114 Å². The summed E-state index contributed by atoms with van der Waals surface area (Å²) in [5.74, 6) is -10.4. The van der Waals surface area contributed by atoms with E-state index in [0.29, 0.717) is 139 Å². The molecule has 0 fully saturated rings. The second-order valence-corrected chi connectivity index (χ2v) is 32.2. The summed E-state index contributed by atoms with van der Waals surface area (Å²) in [6.07, 6.45) is -15.4. The highest BCUT2D eigenvalue weighted by atomic mass is 32.1. The van der Waals surface area contributed by atoms with Crippen LogP contribution in [0.1, 0.15) is 151 Å². The van der Waals surface area contributed by atoms with Crippen molar-refractivity contribution in [2.75, 3.05) is 16.0 Å². The van der Waals surface area contributed by atoms with Crippen molar-refractivity contribution in [1.29, 1.82) is 0 Å². The molecule has 0 aliphatic heterocycles. The molecule has 0 amide bonds. The summed E-state index contributed by atoms with van der Waals surface area (Å²) in [4.78, 5) is 102. The molecule has 3 aromatic carbocycles. The van der Waals surface area contributed by atoms with E-state index in [1.165, 1.54) is 52.2 Å². The Kier molecular flexibility index (Phi) is 30.4. The van der Waals surface area contributed by atoms with Gasteiger partial charge in [0, 0.05) is 37.2 Å². The Labute approximate surface area is 743 Å². The number of thiazole rings is 3. The Balaban J connectivity index is 0.000000184. The van der Waals surface area contributed by atoms with Crippen molar-refractivity contribution in [2.24, 2.45) is 0 Å². The number of nitrogens with one attached hydrogen (secondary N) is 3. The smallest absolute Gasteiger partial charge is 0.478 e. The molecule has 15 rings (SSSR count). The molecule has 3 aliphatic rings. The second-order valence-electron chi connectivity index (χ2n) is 29.1. The van der Waals surface area contributed by atoms with Gasteiger partial charge in [-0.1, -0.05) is 18.2 Å². The van der Waals surface area contributed by atoms with Crippen molar-refractivity contribution >= 4 is 105 Å². The zero-order chi connectivity index (χ0) is 97.3. The average molecular weight is 1920 g/mol. The van der Waals surface area contributed by atoms with Crippen molar-refractivity contribution in [3.63, 3.8) is 0 Å². The number of aliphatic hydroxyl groups is 3. The molecule has 1 unspecified atom stereocenters. The number of hydrogen-bond donors (Lipinski definition) is 12. The lowest BCUT2D eigenvalue weighted by Crippen LogP contribution is -2.32. The first-order valence-corrected chi connectivity index (χ1v) is 40.3. The summed E-state index contributed by atoms with van der Waals surface area (Å²) in [7, 11) is 0. The predicted molar refractivity (Wildman–Crippen MR) is 437 cm³/mol. The molecular formula is C84H66F18N12O15S3. The van der Waals surface area contributed by atoms with E-state index in [4.69, 9.17) is 29.7 Å². The van der Waals surface area contributed by atoms with E-state index in [1.54, 1.807) is 73.2 Å². The third-order valence-electron chi connectivity index (χ3n) is 19.3. The maximum Gasteiger partial charge on any atom is 0.490 e. The van der Waals surface area contributed by atoms with Gasteiger partial charge in [0.05, 0.1) is 65.1 Å². The van der Waals surface area contributed by atoms with E-state index in [1.807, 2.05) is 39.0 Å². The van der Waals surface area contributed by atoms with Gasteiger partial charge in [-0.15, -0.1) is 34.0 Å². The normalized spacial score (nSPS) is 16.4. The number of carboxylic acid groups (broad SMARTS) is 6. The number of hydrogen-bond acceptors (Lipinski definition) is 24. The highest BCUT2D eigenvalue weighted by molar-refractivity contribution is 7.16. The SMILES string of the molecule is Cc1cc(Nc2cc(C(F)(F)F)ccn2)nc(-c2cnc(C3(O)CCCc4cc(C(=O)O)ccc43)s2)c1.Cc1cc(Nc2cc(C(F)(F)F)ccn2)nc(-c2cnc([C@@]3(O)CCCc4cc(C(=O)O)ccc43)s2)c1.Cc1cc(Nc2cc(C(F)(F)F)ccn2)nc(-c2cnc([C@]3(O)CCCc4cc(C(=O)O)ccc43)s2)c1.O=C(O)C(F)(F)F.O=C(O)C(F)(F)F.O=C(O)C(F)(F)F. The fraction of sp³-hybridized carbons (Fsp3) is 0.250. The minimum Gasteiger partial charge on any atom is -0.478 e. The van der Waals surface area contributed by atoms with Gasteiger partial charge >= 0.3 is 72.9 Å². The molecular weight excluding hydrogens is 1860 g/mol. The number of rotatable bonds is 15. The number of carboxylic acids is 6. The van der Waals surface area contributed by atoms with Gasteiger partial charge in [-0.05, 0) is 238 Å². The molecule has 0 saturated carbocycles. The van der Waals surface area contributed by atoms with Crippen LogP contribution in [0.15, 0.2) is 165 Å². The van der Waals surface area contributed by atoms with E-state index >= 15 is 0 Å². The maximum atomic E-state index is 13.1. The number of nitrogens with zero attached hydrogens (tertiary/aromatic N) is 9. The molecule has 3 aliphatic carbocycles. The van der Waals surface area contributed by atoms with Crippen molar-refractivity contribution in [1.82, 2.24) is 44.9 Å². The van der Waals surface area contributed by atoms with Gasteiger partial charge in [0.25, 0.3) is 0 Å². The Hall–Kier alpha value is -13.7. The number of benzene rings is 3. The highest BCUT2D eigenvalue weighted by Gasteiger charge is 2.45. The number of fused-ring (bicyclic) bond motifs is 3. The van der Waals surface area contributed by atoms with Gasteiger partial charge in [-0.3, -0.25) is 0 Å². The molecule has 27 nitrogen and oxygen atoms in total. The first-order chi connectivity index (χ1) is 61.4. The van der Waals surface area contributed by atoms with Crippen molar-refractivity contribution in [3.8, 4) is 31.7 Å². The summed E-state index contributed by atoms with van der Waals surface area (Å²) >= 11 is 3.79. The molecule has 696 valence electrons. The predicted octanol–water partition coefficient (Wildman–Crippen LogP) is 19.7. The van der Waals surface area contributed by atoms with Crippen LogP contribution >= 0.6 is 34.0 Å². The van der Waals surface area contributed by atoms with Gasteiger partial charge < -0.3 is 61.9 Å². The van der Waals surface area contributed by atoms with Crippen LogP contribution < -0.4 is 16.0 Å². The summed E-state index contributed by atoms with van der Waals surface area (Å²) < 4.78 is 213. The molecule has 0 radical (unpaired) electrons. The molecule has 12 N–H and O–H groups in total. The first kappa shape index (κ1) is 100. The fourth-order valence-electron chi connectivity index (χ4n) is 13.4. The Morgan fingerprint density at radius 2 is 0.561 bits per heavy atom. The molecule has 48 heteroatoms. The van der Waals surface area contributed by atoms with Crippen LogP contribution in [0, 0.1) is 20.8 Å². The number of carbonyl (C=O) groups is 6. The molecule has 0 saturated heterocycles. The number of aryl methyl sites for hydroxylation is 6. The number of aromatic carboxylic acids is 3. The summed E-state index contributed by atoms with van der Waals surface area (Å²) in [5.41, 5.74) is 2.29. The van der Waals surface area contributed by atoms with Gasteiger partial charge in [-0.25, -0.2) is 73.6 Å². The zero-order valence-corrected chi connectivity index (χ0v) is 69.9. The summed E-state index contributed by atoms with van der Waals surface area (Å²) in [6, 6.07) is 30.2. The average Bonchev–Trinajstić information content (AvgIpc) is 1.46. The number of aliphatic carboxylic acids is 3. The van der Waals surface area contributed by atoms with Gasteiger partial charge in [0.2, 0.25) is 0 Å². The third-order valence-corrected chi connectivity index (χ3v) is 22.9. The fourth-order valence-corrected chi connectivity index (χ4v) is 16.5. The number of alkyl halides is 18. The standard InChI is InChI=1S/3C26H21F3N4O3S.3C2HF3O2/c3*1-14-9-19(32-22(10-14)33-21-12-17(6-8-30-21)26(27,28)29)20-13-31-24(37-20)25(36)7-2-3-15-11-16(23(34)35)4-5-18(15)25;3*3-2(4,5)1(6)7/h3*4-6,8-13,36H,2-3,7H2,1H3,(H,34,35)(H,30,32,33);3*(H,6,7)/t2*25-;;;;/m10..../s1. The third kappa shape index (κ3) is 25.3. The minimum atomic E-state index is -5.08. The molecule has 132 heavy (non-hydrogen) atoms. The zero-order valence-electron chi connectivity index (χ0n) is 67.5.